The van der Waals surface area contributed by atoms with Gasteiger partial charge in [0.25, 0.3) is 0 Å². The molecule has 0 aromatic carbocycles. The second-order valence-corrected chi connectivity index (χ2v) is 10.7. The maximum absolute atomic E-state index is 10.1. The van der Waals surface area contributed by atoms with E-state index in [1.165, 1.54) is 37.7 Å². The lowest BCUT2D eigenvalue weighted by molar-refractivity contribution is 0.0670. The van der Waals surface area contributed by atoms with Crippen LogP contribution in [0.5, 0.6) is 0 Å². The van der Waals surface area contributed by atoms with Crippen molar-refractivity contribution in [3.8, 4) is 0 Å². The van der Waals surface area contributed by atoms with Gasteiger partial charge in [0.15, 0.2) is 0 Å². The smallest absolute Gasteiger partial charge is 0.0787 e. The summed E-state index contributed by atoms with van der Waals surface area (Å²) in [4.78, 5) is 0. The highest BCUT2D eigenvalue weighted by molar-refractivity contribution is 5.39. The Bertz CT molecular complexity index is 703. The van der Waals surface area contributed by atoms with Gasteiger partial charge in [0.1, 0.15) is 0 Å². The van der Waals surface area contributed by atoms with Gasteiger partial charge in [-0.05, 0) is 100 Å². The average Bonchev–Trinajstić information content (AvgIpc) is 2.99. The van der Waals surface area contributed by atoms with Crippen LogP contribution in [-0.2, 0) is 0 Å². The first-order chi connectivity index (χ1) is 13.6. The van der Waals surface area contributed by atoms with Gasteiger partial charge in [0.05, 0.1) is 11.7 Å². The summed E-state index contributed by atoms with van der Waals surface area (Å²) in [6, 6.07) is 0. The minimum absolute atomic E-state index is 0.291. The quantitative estimate of drug-likeness (QED) is 0.491. The number of fused-ring (bicyclic) bond motifs is 1. The Labute approximate surface area is 178 Å². The summed E-state index contributed by atoms with van der Waals surface area (Å²) in [6.45, 7) is 12.8. The molecule has 0 saturated heterocycles. The Morgan fingerprint density at radius 1 is 1.28 bits per heavy atom. The van der Waals surface area contributed by atoms with Gasteiger partial charge in [-0.25, -0.2) is 0 Å². The second-order valence-electron chi connectivity index (χ2n) is 10.7. The SMILES string of the molecule is C=C1/C(=C\C=C2/CCCC3(C)C(C(C)CCCC(C)(C)O)=CCC23)CCCC1O. The third kappa shape index (κ3) is 5.14. The number of allylic oxidation sites excluding steroid dienone is 5. The van der Waals surface area contributed by atoms with Gasteiger partial charge >= 0.3 is 0 Å². The molecule has 3 aliphatic carbocycles. The van der Waals surface area contributed by atoms with Crippen LogP contribution in [0.15, 0.2) is 47.1 Å². The summed E-state index contributed by atoms with van der Waals surface area (Å²) in [7, 11) is 0. The van der Waals surface area contributed by atoms with E-state index < -0.39 is 5.60 Å². The van der Waals surface area contributed by atoms with E-state index in [4.69, 9.17) is 0 Å². The molecule has 2 fully saturated rings. The molecule has 2 N–H and O–H groups in total. The zero-order valence-electron chi connectivity index (χ0n) is 19.1. The van der Waals surface area contributed by atoms with Gasteiger partial charge in [-0.2, -0.15) is 0 Å². The van der Waals surface area contributed by atoms with Crippen molar-refractivity contribution in [1.82, 2.24) is 0 Å². The Morgan fingerprint density at radius 2 is 2.03 bits per heavy atom. The van der Waals surface area contributed by atoms with Crippen molar-refractivity contribution in [3.05, 3.63) is 47.1 Å². The molecule has 3 aliphatic rings. The van der Waals surface area contributed by atoms with Crippen molar-refractivity contribution in [2.45, 2.75) is 104 Å². The second kappa shape index (κ2) is 8.94. The minimum Gasteiger partial charge on any atom is -0.390 e. The Morgan fingerprint density at radius 3 is 2.76 bits per heavy atom. The highest BCUT2D eigenvalue weighted by Crippen LogP contribution is 2.57. The molecule has 2 saturated carbocycles. The molecule has 162 valence electrons. The van der Waals surface area contributed by atoms with Crippen molar-refractivity contribution in [1.29, 1.82) is 0 Å². The van der Waals surface area contributed by atoms with E-state index in [0.717, 1.165) is 37.7 Å². The first-order valence-electron chi connectivity index (χ1n) is 11.8. The molecule has 2 heteroatoms. The first-order valence-corrected chi connectivity index (χ1v) is 11.8. The normalized spacial score (nSPS) is 34.4. The molecule has 0 amide bonds. The molecule has 0 radical (unpaired) electrons. The Balaban J connectivity index is 1.70. The van der Waals surface area contributed by atoms with Crippen molar-refractivity contribution < 1.29 is 10.2 Å². The number of aliphatic hydroxyl groups excluding tert-OH is 1. The standard InChI is InChI=1S/C27H42O2/c1-19(9-7-17-26(3,4)29)23-15-16-24-22(11-8-18-27(23,24)5)14-13-21-10-6-12-25(28)20(21)2/h13-15,19,24-25,28-29H,2,6-12,16-18H2,1,3-5H3/b21-13-,22-14+. The molecule has 4 atom stereocenters. The molecule has 4 unspecified atom stereocenters. The molecule has 0 bridgehead atoms. The van der Waals surface area contributed by atoms with E-state index in [1.807, 2.05) is 13.8 Å². The van der Waals surface area contributed by atoms with Gasteiger partial charge in [0.2, 0.25) is 0 Å². The van der Waals surface area contributed by atoms with E-state index in [-0.39, 0.29) is 6.10 Å². The maximum atomic E-state index is 10.1. The summed E-state index contributed by atoms with van der Waals surface area (Å²) in [5.74, 6) is 1.22. The third-order valence-corrected chi connectivity index (χ3v) is 7.80. The average molecular weight is 399 g/mol. The lowest BCUT2D eigenvalue weighted by Crippen LogP contribution is -2.32. The fourth-order valence-electron chi connectivity index (χ4n) is 6.04. The van der Waals surface area contributed by atoms with Gasteiger partial charge in [0, 0.05) is 0 Å². The highest BCUT2D eigenvalue weighted by Gasteiger charge is 2.45. The molecule has 3 rings (SSSR count). The zero-order chi connectivity index (χ0) is 21.2. The first kappa shape index (κ1) is 22.6. The van der Waals surface area contributed by atoms with Crippen LogP contribution in [-0.4, -0.2) is 21.9 Å². The molecule has 0 aliphatic heterocycles. The molecule has 0 spiro atoms. The monoisotopic (exact) mass is 398 g/mol. The Kier molecular flexibility index (Phi) is 6.95. The van der Waals surface area contributed by atoms with E-state index >= 15 is 0 Å². The predicted octanol–water partition coefficient (Wildman–Crippen LogP) is 6.65. The van der Waals surface area contributed by atoms with Gasteiger partial charge in [-0.1, -0.05) is 56.2 Å². The van der Waals surface area contributed by atoms with Gasteiger partial charge in [-0.3, -0.25) is 0 Å². The zero-order valence-corrected chi connectivity index (χ0v) is 19.1. The van der Waals surface area contributed by atoms with Crippen molar-refractivity contribution >= 4 is 0 Å². The van der Waals surface area contributed by atoms with Gasteiger partial charge < -0.3 is 10.2 Å². The molecule has 29 heavy (non-hydrogen) atoms. The van der Waals surface area contributed by atoms with E-state index in [2.05, 4.69) is 38.7 Å². The molecule has 0 heterocycles. The lowest BCUT2D eigenvalue weighted by atomic mass is 9.62. The van der Waals surface area contributed by atoms with Crippen LogP contribution in [0.4, 0.5) is 0 Å². The predicted molar refractivity (Wildman–Crippen MR) is 123 cm³/mol. The fourth-order valence-corrected chi connectivity index (χ4v) is 6.04. The molecule has 0 aromatic heterocycles. The fraction of sp³-hybridized carbons (Fsp3) is 0.704. The Hall–Kier alpha value is -1.12. The highest BCUT2D eigenvalue weighted by atomic mass is 16.3. The summed E-state index contributed by atoms with van der Waals surface area (Å²) < 4.78 is 0. The van der Waals surface area contributed by atoms with Crippen LogP contribution in [0, 0.1) is 17.3 Å². The maximum Gasteiger partial charge on any atom is 0.0787 e. The van der Waals surface area contributed by atoms with Crippen LogP contribution in [0.2, 0.25) is 0 Å². The molecule has 0 aromatic rings. The lowest BCUT2D eigenvalue weighted by Gasteiger charge is -2.42. The van der Waals surface area contributed by atoms with Crippen molar-refractivity contribution in [2.75, 3.05) is 0 Å². The van der Waals surface area contributed by atoms with Crippen LogP contribution in [0.25, 0.3) is 0 Å². The molecule has 2 nitrogen and oxygen atoms in total. The van der Waals surface area contributed by atoms with E-state index in [9.17, 15) is 10.2 Å². The van der Waals surface area contributed by atoms with Gasteiger partial charge in [-0.15, -0.1) is 0 Å². The summed E-state index contributed by atoms with van der Waals surface area (Å²) in [6.07, 6.45) is 17.8. The van der Waals surface area contributed by atoms with Crippen LogP contribution < -0.4 is 0 Å². The summed E-state index contributed by atoms with van der Waals surface area (Å²) in [5.41, 5.74) is 5.16. The van der Waals surface area contributed by atoms with Crippen molar-refractivity contribution in [3.63, 3.8) is 0 Å². The molecular weight excluding hydrogens is 356 g/mol. The molecular formula is C27H42O2. The van der Waals surface area contributed by atoms with Crippen LogP contribution in [0.3, 0.4) is 0 Å². The number of rotatable bonds is 6. The van der Waals surface area contributed by atoms with Crippen LogP contribution in [0.1, 0.15) is 91.9 Å². The third-order valence-electron chi connectivity index (χ3n) is 7.80. The van der Waals surface area contributed by atoms with Crippen LogP contribution >= 0.6 is 0 Å². The topological polar surface area (TPSA) is 40.5 Å². The summed E-state index contributed by atoms with van der Waals surface area (Å²) in [5, 5.41) is 20.1. The minimum atomic E-state index is -0.554. The number of hydrogen-bond acceptors (Lipinski definition) is 2. The van der Waals surface area contributed by atoms with E-state index in [1.54, 1.807) is 11.1 Å². The largest absolute Gasteiger partial charge is 0.390 e. The van der Waals surface area contributed by atoms with E-state index in [0.29, 0.717) is 17.3 Å². The van der Waals surface area contributed by atoms with Crippen molar-refractivity contribution in [2.24, 2.45) is 17.3 Å². The number of hydrogen-bond donors (Lipinski definition) is 2. The summed E-state index contributed by atoms with van der Waals surface area (Å²) >= 11 is 0. The number of aliphatic hydroxyl groups is 2.